The molecule has 0 spiro atoms. The van der Waals surface area contributed by atoms with Gasteiger partial charge in [0, 0.05) is 12.4 Å². The summed E-state index contributed by atoms with van der Waals surface area (Å²) in [5.41, 5.74) is 0.884. The predicted molar refractivity (Wildman–Crippen MR) is 85.8 cm³/mol. The molecule has 0 saturated carbocycles. The van der Waals surface area contributed by atoms with Crippen LogP contribution in [-0.2, 0) is 14.0 Å². The van der Waals surface area contributed by atoms with Gasteiger partial charge in [0.1, 0.15) is 14.0 Å². The molecule has 0 aromatic carbocycles. The van der Waals surface area contributed by atoms with Crippen molar-refractivity contribution in [1.82, 2.24) is 0 Å². The third kappa shape index (κ3) is 4.90. The first-order valence-electron chi connectivity index (χ1n) is 7.25. The quantitative estimate of drug-likeness (QED) is 0.445. The highest BCUT2D eigenvalue weighted by Crippen LogP contribution is 2.37. The third-order valence-electron chi connectivity index (χ3n) is 4.01. The van der Waals surface area contributed by atoms with Gasteiger partial charge in [-0.15, -0.1) is 0 Å². The maximum absolute atomic E-state index is 6.19. The molecule has 1 heterocycles. The Morgan fingerprint density at radius 2 is 1.95 bits per heavy atom. The summed E-state index contributed by atoms with van der Waals surface area (Å²) in [4.78, 5) is 5.52. The van der Waals surface area contributed by atoms with Gasteiger partial charge in [0.25, 0.3) is 0 Å². The van der Waals surface area contributed by atoms with Crippen LogP contribution < -0.4 is 0 Å². The van der Waals surface area contributed by atoms with E-state index in [2.05, 4.69) is 39.0 Å². The van der Waals surface area contributed by atoms with Crippen LogP contribution in [0.15, 0.2) is 5.16 Å². The lowest BCUT2D eigenvalue weighted by molar-refractivity contribution is -0.0333. The van der Waals surface area contributed by atoms with Gasteiger partial charge in [0.2, 0.25) is 0 Å². The second-order valence-electron chi connectivity index (χ2n) is 7.20. The standard InChI is InChI=1S/C14H28BNO3Si/c1-10(2)16-19-11-8-13(15)18-12(11)9-17-20(6,7)14(3,4)5/h11-13H,8-9H2,1-7H3/t11?,12-,13-/m1/s1. The smallest absolute Gasteiger partial charge is 0.192 e. The number of ether oxygens (including phenoxy) is 1. The molecule has 3 atom stereocenters. The van der Waals surface area contributed by atoms with E-state index in [0.29, 0.717) is 13.0 Å². The van der Waals surface area contributed by atoms with Crippen molar-refractivity contribution in [3.8, 4) is 0 Å². The SMILES string of the molecule is [B][C@H]1CC(ON=C(C)C)[C@@H](CO[Si](C)(C)C(C)(C)C)O1. The minimum absolute atomic E-state index is 0.121. The molecule has 20 heavy (non-hydrogen) atoms. The summed E-state index contributed by atoms with van der Waals surface area (Å²) in [6.45, 7) is 15.4. The first-order chi connectivity index (χ1) is 9.03. The number of nitrogens with zero attached hydrogens (tertiary/aromatic N) is 1. The number of hydrogen-bond donors (Lipinski definition) is 0. The molecule has 4 nitrogen and oxygen atoms in total. The molecule has 1 rings (SSSR count). The molecule has 1 aliphatic heterocycles. The van der Waals surface area contributed by atoms with Gasteiger partial charge in [-0.2, -0.15) is 0 Å². The van der Waals surface area contributed by atoms with Crippen molar-refractivity contribution in [2.45, 2.75) is 77.4 Å². The molecule has 0 amide bonds. The fourth-order valence-corrected chi connectivity index (χ4v) is 2.70. The van der Waals surface area contributed by atoms with Gasteiger partial charge in [0.05, 0.1) is 12.3 Å². The largest absolute Gasteiger partial charge is 0.414 e. The van der Waals surface area contributed by atoms with Crippen LogP contribution in [0, 0.1) is 0 Å². The Balaban J connectivity index is 2.59. The Labute approximate surface area is 125 Å². The molecule has 0 bridgehead atoms. The van der Waals surface area contributed by atoms with Crippen molar-refractivity contribution in [2.75, 3.05) is 6.61 Å². The zero-order valence-corrected chi connectivity index (χ0v) is 14.9. The van der Waals surface area contributed by atoms with Crippen LogP contribution in [0.25, 0.3) is 0 Å². The normalized spacial score (nSPS) is 27.4. The van der Waals surface area contributed by atoms with E-state index in [-0.39, 0.29) is 23.2 Å². The van der Waals surface area contributed by atoms with Crippen LogP contribution in [0.4, 0.5) is 0 Å². The van der Waals surface area contributed by atoms with E-state index in [1.165, 1.54) is 0 Å². The molecule has 6 heteroatoms. The highest BCUT2D eigenvalue weighted by molar-refractivity contribution is 6.74. The minimum Gasteiger partial charge on any atom is -0.414 e. The zero-order valence-electron chi connectivity index (χ0n) is 13.9. The Morgan fingerprint density at radius 1 is 1.35 bits per heavy atom. The van der Waals surface area contributed by atoms with E-state index in [4.69, 9.17) is 21.8 Å². The lowest BCUT2D eigenvalue weighted by Crippen LogP contribution is -2.44. The summed E-state index contributed by atoms with van der Waals surface area (Å²) in [7, 11) is 4.07. The van der Waals surface area contributed by atoms with Crippen LogP contribution in [0.3, 0.4) is 0 Å². The second-order valence-corrected chi connectivity index (χ2v) is 12.0. The average Bonchev–Trinajstić information content (AvgIpc) is 2.63. The highest BCUT2D eigenvalue weighted by atomic mass is 28.4. The van der Waals surface area contributed by atoms with E-state index in [1.807, 2.05) is 13.8 Å². The fraction of sp³-hybridized carbons (Fsp3) is 0.929. The van der Waals surface area contributed by atoms with Crippen LogP contribution in [0.1, 0.15) is 41.0 Å². The Bertz CT molecular complexity index is 351. The van der Waals surface area contributed by atoms with E-state index in [0.717, 1.165) is 5.71 Å². The van der Waals surface area contributed by atoms with Gasteiger partial charge in [-0.25, -0.2) is 0 Å². The van der Waals surface area contributed by atoms with Crippen molar-refractivity contribution in [2.24, 2.45) is 5.16 Å². The fourth-order valence-electron chi connectivity index (χ4n) is 1.69. The molecule has 0 aromatic rings. The maximum Gasteiger partial charge on any atom is 0.192 e. The van der Waals surface area contributed by atoms with Crippen molar-refractivity contribution in [3.05, 3.63) is 0 Å². The first kappa shape index (κ1) is 17.7. The van der Waals surface area contributed by atoms with Crippen molar-refractivity contribution in [3.63, 3.8) is 0 Å². The third-order valence-corrected chi connectivity index (χ3v) is 8.51. The molecule has 1 aliphatic rings. The molecular weight excluding hydrogens is 269 g/mol. The lowest BCUT2D eigenvalue weighted by atomic mass is 9.96. The summed E-state index contributed by atoms with van der Waals surface area (Å²) in [5.74, 6) is 0. The Morgan fingerprint density at radius 3 is 2.45 bits per heavy atom. The maximum atomic E-state index is 6.19. The van der Waals surface area contributed by atoms with Gasteiger partial charge >= 0.3 is 0 Å². The van der Waals surface area contributed by atoms with E-state index < -0.39 is 8.32 Å². The van der Waals surface area contributed by atoms with Crippen LogP contribution in [0.2, 0.25) is 18.1 Å². The molecule has 114 valence electrons. The summed E-state index contributed by atoms with van der Waals surface area (Å²) < 4.78 is 11.9. The number of hydrogen-bond acceptors (Lipinski definition) is 4. The van der Waals surface area contributed by atoms with Crippen LogP contribution >= 0.6 is 0 Å². The van der Waals surface area contributed by atoms with Gasteiger partial charge in [-0.3, -0.25) is 0 Å². The van der Waals surface area contributed by atoms with Gasteiger partial charge in [-0.1, -0.05) is 25.9 Å². The number of oxime groups is 1. The molecule has 0 N–H and O–H groups in total. The van der Waals surface area contributed by atoms with E-state index in [1.54, 1.807) is 0 Å². The second kappa shape index (κ2) is 6.62. The molecule has 1 saturated heterocycles. The lowest BCUT2D eigenvalue weighted by Gasteiger charge is -2.37. The van der Waals surface area contributed by atoms with Crippen molar-refractivity contribution in [1.29, 1.82) is 0 Å². The molecule has 0 aromatic heterocycles. The predicted octanol–water partition coefficient (Wildman–Crippen LogP) is 3.07. The zero-order chi connectivity index (χ0) is 15.6. The van der Waals surface area contributed by atoms with Gasteiger partial charge in [-0.05, 0) is 32.0 Å². The summed E-state index contributed by atoms with van der Waals surface area (Å²) >= 11 is 0. The van der Waals surface area contributed by atoms with E-state index in [9.17, 15) is 0 Å². The van der Waals surface area contributed by atoms with Crippen LogP contribution in [0.5, 0.6) is 0 Å². The Hall–Kier alpha value is -0.328. The topological polar surface area (TPSA) is 40.0 Å². The minimum atomic E-state index is -1.78. The van der Waals surface area contributed by atoms with Crippen LogP contribution in [-0.4, -0.2) is 46.7 Å². The first-order valence-corrected chi connectivity index (χ1v) is 10.2. The monoisotopic (exact) mass is 297 g/mol. The van der Waals surface area contributed by atoms with Gasteiger partial charge < -0.3 is 14.0 Å². The van der Waals surface area contributed by atoms with Crippen molar-refractivity contribution >= 4 is 21.9 Å². The number of rotatable bonds is 5. The summed E-state index contributed by atoms with van der Waals surface area (Å²) in [6.07, 6.45) is 0.398. The van der Waals surface area contributed by atoms with E-state index >= 15 is 0 Å². The highest BCUT2D eigenvalue weighted by Gasteiger charge is 2.41. The molecule has 1 fully saturated rings. The average molecular weight is 297 g/mol. The summed E-state index contributed by atoms with van der Waals surface area (Å²) in [5, 5.41) is 4.20. The molecule has 0 aliphatic carbocycles. The molecule has 1 unspecified atom stereocenters. The Kier molecular flexibility index (Phi) is 5.87. The van der Waals surface area contributed by atoms with Crippen molar-refractivity contribution < 1.29 is 14.0 Å². The molecule has 2 radical (unpaired) electrons. The molecular formula is C14H28BNO3Si. The summed E-state index contributed by atoms with van der Waals surface area (Å²) in [6, 6.07) is -0.291. The van der Waals surface area contributed by atoms with Gasteiger partial charge in [0.15, 0.2) is 14.4 Å².